The van der Waals surface area contributed by atoms with Crippen molar-refractivity contribution >= 4 is 40.2 Å². The number of benzene rings is 3. The molecule has 8 heteroatoms. The summed E-state index contributed by atoms with van der Waals surface area (Å²) in [5.41, 5.74) is 2.22. The molecule has 0 atom stereocenters. The average molecular weight is 508 g/mol. The molecule has 1 aliphatic rings. The van der Waals surface area contributed by atoms with Crippen LogP contribution in [0, 0.1) is 5.82 Å². The predicted molar refractivity (Wildman–Crippen MR) is 138 cm³/mol. The van der Waals surface area contributed by atoms with Crippen molar-refractivity contribution in [2.45, 2.75) is 30.2 Å². The largest absolute Gasteiger partial charge is 0.339 e. The van der Waals surface area contributed by atoms with Crippen LogP contribution in [0.1, 0.15) is 35.2 Å². The SMILES string of the molecule is O=C(c1ccc2c(=O)n(-c3ccc(F)cc3)c(SCc3cccc(Cl)c3)nc2c1)N1CCCCC1. The zero-order chi connectivity index (χ0) is 24.4. The lowest BCUT2D eigenvalue weighted by molar-refractivity contribution is 0.0724. The molecule has 3 aromatic carbocycles. The van der Waals surface area contributed by atoms with Crippen LogP contribution in [0.2, 0.25) is 5.02 Å². The van der Waals surface area contributed by atoms with E-state index >= 15 is 0 Å². The number of likely N-dealkylation sites (tertiary alicyclic amines) is 1. The van der Waals surface area contributed by atoms with Crippen LogP contribution in [0.3, 0.4) is 0 Å². The van der Waals surface area contributed by atoms with Crippen molar-refractivity contribution in [1.29, 1.82) is 0 Å². The number of hydrogen-bond acceptors (Lipinski definition) is 4. The summed E-state index contributed by atoms with van der Waals surface area (Å²) in [5, 5.41) is 1.49. The first-order valence-electron chi connectivity index (χ1n) is 11.5. The quantitative estimate of drug-likeness (QED) is 0.242. The zero-order valence-electron chi connectivity index (χ0n) is 18.9. The monoisotopic (exact) mass is 507 g/mol. The van der Waals surface area contributed by atoms with Crippen molar-refractivity contribution in [2.24, 2.45) is 0 Å². The van der Waals surface area contributed by atoms with Crippen molar-refractivity contribution in [1.82, 2.24) is 14.5 Å². The third-order valence-corrected chi connectivity index (χ3v) is 7.32. The van der Waals surface area contributed by atoms with Crippen LogP contribution in [-0.4, -0.2) is 33.4 Å². The third-order valence-electron chi connectivity index (χ3n) is 6.07. The lowest BCUT2D eigenvalue weighted by Gasteiger charge is -2.26. The highest BCUT2D eigenvalue weighted by atomic mass is 35.5. The summed E-state index contributed by atoms with van der Waals surface area (Å²) in [6, 6.07) is 18.3. The molecule has 1 aliphatic heterocycles. The molecule has 0 saturated carbocycles. The predicted octanol–water partition coefficient (Wildman–Crippen LogP) is 6.10. The van der Waals surface area contributed by atoms with Crippen LogP contribution < -0.4 is 5.56 Å². The Labute approximate surface area is 211 Å². The summed E-state index contributed by atoms with van der Waals surface area (Å²) in [6.07, 6.45) is 3.15. The van der Waals surface area contributed by atoms with Gasteiger partial charge in [-0.05, 0) is 79.4 Å². The maximum absolute atomic E-state index is 13.6. The number of carbonyl (C=O) groups is 1. The molecule has 5 nitrogen and oxygen atoms in total. The van der Waals surface area contributed by atoms with E-state index in [0.29, 0.717) is 38.1 Å². The van der Waals surface area contributed by atoms with E-state index in [-0.39, 0.29) is 17.3 Å². The first-order chi connectivity index (χ1) is 17.0. The van der Waals surface area contributed by atoms with Gasteiger partial charge in [0.25, 0.3) is 11.5 Å². The van der Waals surface area contributed by atoms with Gasteiger partial charge >= 0.3 is 0 Å². The van der Waals surface area contributed by atoms with Crippen LogP contribution in [0.5, 0.6) is 0 Å². The van der Waals surface area contributed by atoms with Crippen LogP contribution in [-0.2, 0) is 5.75 Å². The molecule has 0 unspecified atom stereocenters. The van der Waals surface area contributed by atoms with E-state index in [4.69, 9.17) is 16.6 Å². The van der Waals surface area contributed by atoms with E-state index in [1.54, 1.807) is 36.4 Å². The minimum absolute atomic E-state index is 0.0377. The van der Waals surface area contributed by atoms with Gasteiger partial charge in [0.15, 0.2) is 5.16 Å². The number of fused-ring (bicyclic) bond motifs is 1. The molecular formula is C27H23ClFN3O2S. The Hall–Kier alpha value is -3.16. The summed E-state index contributed by atoms with van der Waals surface area (Å²) < 4.78 is 15.1. The molecule has 2 heterocycles. The summed E-state index contributed by atoms with van der Waals surface area (Å²) >= 11 is 7.51. The van der Waals surface area contributed by atoms with Gasteiger partial charge in [0.05, 0.1) is 16.6 Å². The smallest absolute Gasteiger partial charge is 0.266 e. The van der Waals surface area contributed by atoms with Crippen molar-refractivity contribution < 1.29 is 9.18 Å². The topological polar surface area (TPSA) is 55.2 Å². The Kier molecular flexibility index (Phi) is 6.88. The Morgan fingerprint density at radius 3 is 2.51 bits per heavy atom. The van der Waals surface area contributed by atoms with Gasteiger partial charge in [0.2, 0.25) is 0 Å². The average Bonchev–Trinajstić information content (AvgIpc) is 2.88. The van der Waals surface area contributed by atoms with Gasteiger partial charge < -0.3 is 4.90 Å². The number of thioether (sulfide) groups is 1. The van der Waals surface area contributed by atoms with Crippen molar-refractivity contribution in [3.05, 3.63) is 99.1 Å². The summed E-state index contributed by atoms with van der Waals surface area (Å²) in [5.74, 6) is 0.111. The van der Waals surface area contributed by atoms with Gasteiger partial charge in [-0.2, -0.15) is 0 Å². The first-order valence-corrected chi connectivity index (χ1v) is 12.9. The van der Waals surface area contributed by atoms with E-state index < -0.39 is 0 Å². The standard InChI is InChI=1S/C27H23ClFN3O2S/c28-20-6-4-5-18(15-20)17-35-27-30-24-16-19(25(33)31-13-2-1-3-14-31)7-12-23(24)26(34)32(27)22-10-8-21(29)9-11-22/h4-12,15-16H,1-3,13-14,17H2. The van der Waals surface area contributed by atoms with Crippen LogP contribution in [0.15, 0.2) is 76.7 Å². The van der Waals surface area contributed by atoms with E-state index in [1.165, 1.54) is 28.5 Å². The minimum atomic E-state index is -0.385. The zero-order valence-corrected chi connectivity index (χ0v) is 20.5. The number of carbonyl (C=O) groups excluding carboxylic acids is 1. The van der Waals surface area contributed by atoms with E-state index in [2.05, 4.69) is 0 Å². The van der Waals surface area contributed by atoms with E-state index in [9.17, 15) is 14.0 Å². The number of piperidine rings is 1. The number of amides is 1. The van der Waals surface area contributed by atoms with Gasteiger partial charge in [-0.1, -0.05) is 35.5 Å². The lowest BCUT2D eigenvalue weighted by Crippen LogP contribution is -2.35. The van der Waals surface area contributed by atoms with Crippen molar-refractivity contribution in [2.75, 3.05) is 13.1 Å². The maximum Gasteiger partial charge on any atom is 0.266 e. The van der Waals surface area contributed by atoms with Gasteiger partial charge in [-0.15, -0.1) is 0 Å². The molecule has 5 rings (SSSR count). The highest BCUT2D eigenvalue weighted by molar-refractivity contribution is 7.98. The second-order valence-electron chi connectivity index (χ2n) is 8.51. The molecule has 1 aromatic heterocycles. The summed E-state index contributed by atoms with van der Waals surface area (Å²) in [7, 11) is 0. The number of nitrogens with zero attached hydrogens (tertiary/aromatic N) is 3. The molecule has 178 valence electrons. The minimum Gasteiger partial charge on any atom is -0.339 e. The second kappa shape index (κ2) is 10.2. The van der Waals surface area contributed by atoms with Crippen LogP contribution in [0.25, 0.3) is 16.6 Å². The summed E-state index contributed by atoms with van der Waals surface area (Å²) in [4.78, 5) is 33.3. The molecule has 35 heavy (non-hydrogen) atoms. The van der Waals surface area contributed by atoms with Crippen LogP contribution in [0.4, 0.5) is 4.39 Å². The van der Waals surface area contributed by atoms with Gasteiger partial charge in [0, 0.05) is 29.4 Å². The molecular weight excluding hydrogens is 485 g/mol. The third kappa shape index (κ3) is 5.11. The lowest BCUT2D eigenvalue weighted by atomic mass is 10.1. The fourth-order valence-corrected chi connectivity index (χ4v) is 5.44. The van der Waals surface area contributed by atoms with Gasteiger partial charge in [-0.25, -0.2) is 9.37 Å². The normalized spacial score (nSPS) is 13.8. The Bertz CT molecular complexity index is 1450. The maximum atomic E-state index is 13.6. The Balaban J connectivity index is 1.58. The molecule has 0 spiro atoms. The molecule has 1 amide bonds. The number of halogens is 2. The number of aromatic nitrogens is 2. The molecule has 1 saturated heterocycles. The highest BCUT2D eigenvalue weighted by Gasteiger charge is 2.20. The summed E-state index contributed by atoms with van der Waals surface area (Å²) in [6.45, 7) is 1.49. The van der Waals surface area contributed by atoms with Crippen molar-refractivity contribution in [3.63, 3.8) is 0 Å². The van der Waals surface area contributed by atoms with Gasteiger partial charge in [-0.3, -0.25) is 14.2 Å². The number of hydrogen-bond donors (Lipinski definition) is 0. The van der Waals surface area contributed by atoms with Gasteiger partial charge in [0.1, 0.15) is 5.82 Å². The highest BCUT2D eigenvalue weighted by Crippen LogP contribution is 2.26. The Morgan fingerprint density at radius 2 is 1.77 bits per heavy atom. The molecule has 1 fully saturated rings. The fraction of sp³-hybridized carbons (Fsp3) is 0.222. The van der Waals surface area contributed by atoms with Crippen molar-refractivity contribution in [3.8, 4) is 5.69 Å². The fourth-order valence-electron chi connectivity index (χ4n) is 4.27. The first kappa shape index (κ1) is 23.6. The number of rotatable bonds is 5. The van der Waals surface area contributed by atoms with E-state index in [1.807, 2.05) is 23.1 Å². The molecule has 0 radical (unpaired) electrons. The molecule has 0 aliphatic carbocycles. The van der Waals surface area contributed by atoms with Crippen LogP contribution >= 0.6 is 23.4 Å². The molecule has 0 bridgehead atoms. The second-order valence-corrected chi connectivity index (χ2v) is 9.89. The Morgan fingerprint density at radius 1 is 1.00 bits per heavy atom. The molecule has 4 aromatic rings. The molecule has 0 N–H and O–H groups in total. The van der Waals surface area contributed by atoms with E-state index in [0.717, 1.165) is 37.9 Å².